The molecule has 1 amide bonds. The lowest BCUT2D eigenvalue weighted by atomic mass is 10.0. The Hall–Kier alpha value is -3.59. The van der Waals surface area contributed by atoms with E-state index in [9.17, 15) is 9.59 Å². The summed E-state index contributed by atoms with van der Waals surface area (Å²) >= 11 is 0. The highest BCUT2D eigenvalue weighted by molar-refractivity contribution is 5.94. The van der Waals surface area contributed by atoms with Crippen molar-refractivity contribution in [3.63, 3.8) is 0 Å². The van der Waals surface area contributed by atoms with Crippen LogP contribution >= 0.6 is 0 Å². The molecule has 2 aromatic heterocycles. The molecular formula is C19H18N6O3. The molecule has 9 heteroatoms. The standard InChI is InChI=1S/C19H18N6O3/c20-13(19(27)28)9-11-1-3-12(4-2-11)17-21-6-5-14(23-17)15-10-16-18(26)22-7-8-25(16)24-15/h1-6,10,13H,7-9,20H2,(H,22,26)(H,27,28). The van der Waals surface area contributed by atoms with Gasteiger partial charge in [0.1, 0.15) is 17.4 Å². The lowest BCUT2D eigenvalue weighted by Crippen LogP contribution is -2.35. The SMILES string of the molecule is NC(Cc1ccc(-c2nccc(-c3cc4n(n3)CCNC4=O)n2)cc1)C(=O)O. The van der Waals surface area contributed by atoms with Gasteiger partial charge in [0.2, 0.25) is 0 Å². The van der Waals surface area contributed by atoms with Crippen LogP contribution in [0.4, 0.5) is 0 Å². The molecule has 0 radical (unpaired) electrons. The van der Waals surface area contributed by atoms with Crippen molar-refractivity contribution >= 4 is 11.9 Å². The van der Waals surface area contributed by atoms with Gasteiger partial charge in [-0.25, -0.2) is 9.97 Å². The van der Waals surface area contributed by atoms with Gasteiger partial charge >= 0.3 is 5.97 Å². The van der Waals surface area contributed by atoms with Crippen LogP contribution in [0, 0.1) is 0 Å². The van der Waals surface area contributed by atoms with Crippen molar-refractivity contribution in [1.82, 2.24) is 25.1 Å². The minimum absolute atomic E-state index is 0.144. The maximum Gasteiger partial charge on any atom is 0.320 e. The Morgan fingerprint density at radius 3 is 2.75 bits per heavy atom. The molecule has 0 saturated heterocycles. The molecule has 0 fully saturated rings. The molecule has 1 aromatic carbocycles. The maximum absolute atomic E-state index is 11.9. The van der Waals surface area contributed by atoms with Gasteiger partial charge in [0.05, 0.1) is 12.2 Å². The molecular weight excluding hydrogens is 360 g/mol. The normalized spacial score (nSPS) is 14.2. The molecule has 4 N–H and O–H groups in total. The van der Waals surface area contributed by atoms with Crippen LogP contribution < -0.4 is 11.1 Å². The highest BCUT2D eigenvalue weighted by Crippen LogP contribution is 2.22. The largest absolute Gasteiger partial charge is 0.480 e. The number of amides is 1. The third-order valence-corrected chi connectivity index (χ3v) is 4.52. The topological polar surface area (TPSA) is 136 Å². The van der Waals surface area contributed by atoms with E-state index in [1.54, 1.807) is 23.0 Å². The van der Waals surface area contributed by atoms with Crippen molar-refractivity contribution in [1.29, 1.82) is 0 Å². The molecule has 0 bridgehead atoms. The van der Waals surface area contributed by atoms with Gasteiger partial charge in [-0.15, -0.1) is 0 Å². The minimum Gasteiger partial charge on any atom is -0.480 e. The quantitative estimate of drug-likeness (QED) is 0.594. The zero-order chi connectivity index (χ0) is 19.7. The van der Waals surface area contributed by atoms with Crippen LogP contribution in [-0.4, -0.2) is 49.3 Å². The molecule has 0 saturated carbocycles. The lowest BCUT2D eigenvalue weighted by Gasteiger charge is -2.13. The number of carboxylic acid groups (broad SMARTS) is 1. The zero-order valence-electron chi connectivity index (χ0n) is 14.9. The number of fused-ring (bicyclic) bond motifs is 1. The number of carbonyl (C=O) groups excluding carboxylic acids is 1. The summed E-state index contributed by atoms with van der Waals surface area (Å²) in [5.74, 6) is -0.659. The third-order valence-electron chi connectivity index (χ3n) is 4.52. The van der Waals surface area contributed by atoms with Crippen LogP contribution in [-0.2, 0) is 17.8 Å². The molecule has 1 aliphatic heterocycles. The Labute approximate surface area is 160 Å². The molecule has 0 aliphatic carbocycles. The fourth-order valence-corrected chi connectivity index (χ4v) is 3.03. The monoisotopic (exact) mass is 378 g/mol. The van der Waals surface area contributed by atoms with Gasteiger partial charge in [-0.1, -0.05) is 24.3 Å². The number of nitrogens with zero attached hydrogens (tertiary/aromatic N) is 4. The van der Waals surface area contributed by atoms with Gasteiger partial charge in [-0.3, -0.25) is 14.3 Å². The smallest absolute Gasteiger partial charge is 0.320 e. The summed E-state index contributed by atoms with van der Waals surface area (Å²) in [5.41, 5.74) is 8.93. The van der Waals surface area contributed by atoms with Gasteiger partial charge < -0.3 is 16.2 Å². The van der Waals surface area contributed by atoms with E-state index in [2.05, 4.69) is 20.4 Å². The zero-order valence-corrected chi connectivity index (χ0v) is 14.9. The first-order valence-electron chi connectivity index (χ1n) is 8.78. The second-order valence-corrected chi connectivity index (χ2v) is 6.51. The predicted octanol–water partition coefficient (Wildman–Crippen LogP) is 0.705. The van der Waals surface area contributed by atoms with Crippen LogP contribution in [0.25, 0.3) is 22.8 Å². The van der Waals surface area contributed by atoms with Crippen molar-refractivity contribution in [2.24, 2.45) is 5.73 Å². The molecule has 28 heavy (non-hydrogen) atoms. The van der Waals surface area contributed by atoms with Crippen molar-refractivity contribution in [3.05, 3.63) is 53.9 Å². The first-order valence-corrected chi connectivity index (χ1v) is 8.78. The van der Waals surface area contributed by atoms with E-state index in [0.29, 0.717) is 36.0 Å². The molecule has 1 atom stereocenters. The maximum atomic E-state index is 11.9. The van der Waals surface area contributed by atoms with Gasteiger partial charge in [0, 0.05) is 18.3 Å². The molecule has 3 heterocycles. The highest BCUT2D eigenvalue weighted by atomic mass is 16.4. The highest BCUT2D eigenvalue weighted by Gasteiger charge is 2.20. The number of benzene rings is 1. The van der Waals surface area contributed by atoms with Crippen LogP contribution in [0.2, 0.25) is 0 Å². The average Bonchev–Trinajstić information content (AvgIpc) is 3.14. The van der Waals surface area contributed by atoms with Crippen LogP contribution in [0.1, 0.15) is 16.1 Å². The number of aliphatic carboxylic acids is 1. The van der Waals surface area contributed by atoms with E-state index < -0.39 is 12.0 Å². The fourth-order valence-electron chi connectivity index (χ4n) is 3.03. The molecule has 142 valence electrons. The number of carbonyl (C=O) groups is 2. The number of nitrogens with two attached hydrogens (primary N) is 1. The van der Waals surface area contributed by atoms with Gasteiger partial charge in [0.15, 0.2) is 5.82 Å². The summed E-state index contributed by atoms with van der Waals surface area (Å²) in [6, 6.07) is 9.81. The van der Waals surface area contributed by atoms with Gasteiger partial charge in [-0.05, 0) is 24.1 Å². The Morgan fingerprint density at radius 2 is 2.04 bits per heavy atom. The van der Waals surface area contributed by atoms with E-state index in [4.69, 9.17) is 10.8 Å². The van der Waals surface area contributed by atoms with E-state index in [1.807, 2.05) is 24.3 Å². The van der Waals surface area contributed by atoms with Crippen LogP contribution in [0.15, 0.2) is 42.6 Å². The Morgan fingerprint density at radius 1 is 1.25 bits per heavy atom. The molecule has 4 rings (SSSR count). The van der Waals surface area contributed by atoms with Crippen LogP contribution in [0.5, 0.6) is 0 Å². The van der Waals surface area contributed by atoms with E-state index >= 15 is 0 Å². The van der Waals surface area contributed by atoms with Gasteiger partial charge in [-0.2, -0.15) is 5.10 Å². The average molecular weight is 378 g/mol. The van der Waals surface area contributed by atoms with E-state index in [-0.39, 0.29) is 12.3 Å². The van der Waals surface area contributed by atoms with Crippen molar-refractivity contribution in [2.45, 2.75) is 19.0 Å². The first-order chi connectivity index (χ1) is 13.5. The number of carboxylic acids is 1. The minimum atomic E-state index is -1.03. The van der Waals surface area contributed by atoms with Crippen molar-refractivity contribution in [3.8, 4) is 22.8 Å². The Balaban J connectivity index is 1.59. The summed E-state index contributed by atoms with van der Waals surface area (Å²) in [5, 5.41) is 16.2. The van der Waals surface area contributed by atoms with Gasteiger partial charge in [0.25, 0.3) is 5.91 Å². The second-order valence-electron chi connectivity index (χ2n) is 6.51. The summed E-state index contributed by atoms with van der Waals surface area (Å²) in [6.07, 6.45) is 1.89. The summed E-state index contributed by atoms with van der Waals surface area (Å²) in [4.78, 5) is 31.7. The molecule has 0 spiro atoms. The number of nitrogens with one attached hydrogen (secondary N) is 1. The molecule has 3 aromatic rings. The Kier molecular flexibility index (Phi) is 4.58. The first kappa shape index (κ1) is 17.8. The van der Waals surface area contributed by atoms with E-state index in [0.717, 1.165) is 11.1 Å². The second kappa shape index (κ2) is 7.20. The summed E-state index contributed by atoms with van der Waals surface area (Å²) in [7, 11) is 0. The summed E-state index contributed by atoms with van der Waals surface area (Å²) in [6.45, 7) is 1.18. The predicted molar refractivity (Wildman–Crippen MR) is 100 cm³/mol. The number of hydrogen-bond donors (Lipinski definition) is 3. The number of rotatable bonds is 5. The lowest BCUT2D eigenvalue weighted by molar-refractivity contribution is -0.138. The third kappa shape index (κ3) is 3.47. The molecule has 9 nitrogen and oxygen atoms in total. The van der Waals surface area contributed by atoms with Crippen LogP contribution in [0.3, 0.4) is 0 Å². The molecule has 1 aliphatic rings. The van der Waals surface area contributed by atoms with Crippen molar-refractivity contribution in [2.75, 3.05) is 6.54 Å². The summed E-state index contributed by atoms with van der Waals surface area (Å²) < 4.78 is 1.68. The van der Waals surface area contributed by atoms with E-state index in [1.165, 1.54) is 0 Å². The fraction of sp³-hybridized carbons (Fsp3) is 0.211. The number of aromatic nitrogens is 4. The Bertz CT molecular complexity index is 1040. The number of hydrogen-bond acceptors (Lipinski definition) is 6. The molecule has 1 unspecified atom stereocenters. The van der Waals surface area contributed by atoms with Crippen molar-refractivity contribution < 1.29 is 14.7 Å².